The number of nitrogens with one attached hydrogen (secondary N) is 1. The van der Waals surface area contributed by atoms with Gasteiger partial charge in [0.25, 0.3) is 0 Å². The molecule has 0 saturated carbocycles. The van der Waals surface area contributed by atoms with Crippen molar-refractivity contribution in [2.24, 2.45) is 5.73 Å². The number of β-amino-alcohol motifs (C(OH)–C–C–N with tert-alkyl or cyclic N) is 1. The van der Waals surface area contributed by atoms with Crippen molar-refractivity contribution in [3.05, 3.63) is 78.3 Å². The van der Waals surface area contributed by atoms with E-state index in [-0.39, 0.29) is 17.3 Å². The van der Waals surface area contributed by atoms with Crippen LogP contribution in [0.5, 0.6) is 0 Å². The first-order valence-corrected chi connectivity index (χ1v) is 12.9. The number of fused-ring (bicyclic) bond motifs is 1. The van der Waals surface area contributed by atoms with Crippen molar-refractivity contribution in [1.82, 2.24) is 19.3 Å². The Morgan fingerprint density at radius 1 is 1.12 bits per heavy atom. The highest BCUT2D eigenvalue weighted by Gasteiger charge is 2.25. The van der Waals surface area contributed by atoms with Gasteiger partial charge in [0.1, 0.15) is 12.0 Å². The van der Waals surface area contributed by atoms with E-state index in [1.807, 2.05) is 35.2 Å². The number of primary amides is 1. The molecule has 1 amide bonds. The van der Waals surface area contributed by atoms with Crippen LogP contribution in [0.25, 0.3) is 22.9 Å². The number of benzene rings is 2. The average Bonchev–Trinajstić information content (AvgIpc) is 3.33. The van der Waals surface area contributed by atoms with E-state index in [9.17, 15) is 9.90 Å². The highest BCUT2D eigenvalue weighted by atomic mass is 19.2. The second kappa shape index (κ2) is 11.0. The largest absolute Gasteiger partial charge is 0.389 e. The highest BCUT2D eigenvalue weighted by Crippen LogP contribution is 2.30. The normalized spacial score (nSPS) is 14.8. The molecule has 40 heavy (non-hydrogen) atoms. The maximum absolute atomic E-state index is 15.2. The standard InChI is InChI=1S/C29H31F2N7O2/c1-29(2,40)17-36-12-14-37(15-13-36)23-8-7-22(25(30)26(23)31)34-28-33-18-38-11-10-21(27(38)35-28)20-5-3-4-19(16-20)6-9-24(32)39/h3-11,16,18,40H,12-15,17H2,1-2H3,(H2,32,39)(H,34,35). The van der Waals surface area contributed by atoms with Gasteiger partial charge in [0.05, 0.1) is 17.0 Å². The molecule has 0 spiro atoms. The minimum Gasteiger partial charge on any atom is -0.389 e. The minimum absolute atomic E-state index is 0.0713. The van der Waals surface area contributed by atoms with Gasteiger partial charge in [0, 0.05) is 50.6 Å². The summed E-state index contributed by atoms with van der Waals surface area (Å²) in [4.78, 5) is 23.8. The summed E-state index contributed by atoms with van der Waals surface area (Å²) in [6.45, 7) is 6.36. The monoisotopic (exact) mass is 547 g/mol. The van der Waals surface area contributed by atoms with Gasteiger partial charge < -0.3 is 21.1 Å². The molecule has 1 fully saturated rings. The lowest BCUT2D eigenvalue weighted by Gasteiger charge is -2.38. The van der Waals surface area contributed by atoms with Crippen LogP contribution in [0.15, 0.2) is 61.1 Å². The molecule has 0 bridgehead atoms. The van der Waals surface area contributed by atoms with Crippen LogP contribution in [0.2, 0.25) is 0 Å². The van der Waals surface area contributed by atoms with Gasteiger partial charge in [-0.05, 0) is 55.3 Å². The number of hydrogen-bond acceptors (Lipinski definition) is 7. The molecule has 0 radical (unpaired) electrons. The lowest BCUT2D eigenvalue weighted by Crippen LogP contribution is -2.50. The van der Waals surface area contributed by atoms with Crippen molar-refractivity contribution in [3.8, 4) is 11.1 Å². The summed E-state index contributed by atoms with van der Waals surface area (Å²) in [5, 5.41) is 12.9. The van der Waals surface area contributed by atoms with Crippen molar-refractivity contribution < 1.29 is 18.7 Å². The number of anilines is 3. The van der Waals surface area contributed by atoms with E-state index >= 15 is 8.78 Å². The predicted molar refractivity (Wildman–Crippen MR) is 151 cm³/mol. The maximum atomic E-state index is 15.2. The van der Waals surface area contributed by atoms with Gasteiger partial charge >= 0.3 is 0 Å². The van der Waals surface area contributed by atoms with Crippen molar-refractivity contribution in [3.63, 3.8) is 0 Å². The second-order valence-electron chi connectivity index (χ2n) is 10.5. The summed E-state index contributed by atoms with van der Waals surface area (Å²) < 4.78 is 32.1. The lowest BCUT2D eigenvalue weighted by atomic mass is 10.1. The van der Waals surface area contributed by atoms with Crippen LogP contribution in [-0.4, -0.2) is 68.6 Å². The number of piperazine rings is 1. The molecular weight excluding hydrogens is 516 g/mol. The molecule has 9 nitrogen and oxygen atoms in total. The number of nitrogens with two attached hydrogens (primary N) is 1. The average molecular weight is 548 g/mol. The van der Waals surface area contributed by atoms with Crippen LogP contribution in [0.3, 0.4) is 0 Å². The van der Waals surface area contributed by atoms with Crippen LogP contribution in [-0.2, 0) is 4.79 Å². The molecule has 1 saturated heterocycles. The topological polar surface area (TPSA) is 112 Å². The second-order valence-corrected chi connectivity index (χ2v) is 10.5. The molecule has 1 aliphatic heterocycles. The number of halogens is 2. The van der Waals surface area contributed by atoms with Crippen LogP contribution < -0.4 is 16.0 Å². The maximum Gasteiger partial charge on any atom is 0.241 e. The first kappa shape index (κ1) is 27.2. The molecule has 5 rings (SSSR count). The Morgan fingerprint density at radius 2 is 1.90 bits per heavy atom. The quantitative estimate of drug-likeness (QED) is 0.288. The zero-order chi connectivity index (χ0) is 28.4. The number of rotatable bonds is 8. The third-order valence-electron chi connectivity index (χ3n) is 6.67. The van der Waals surface area contributed by atoms with E-state index in [1.165, 1.54) is 12.1 Å². The third kappa shape index (κ3) is 6.11. The molecule has 0 unspecified atom stereocenters. The summed E-state index contributed by atoms with van der Waals surface area (Å²) >= 11 is 0. The number of aromatic nitrogens is 3. The summed E-state index contributed by atoms with van der Waals surface area (Å²) in [5.41, 5.74) is 7.52. The molecule has 1 aliphatic rings. The molecule has 3 heterocycles. The summed E-state index contributed by atoms with van der Waals surface area (Å²) in [5.74, 6) is -2.37. The van der Waals surface area contributed by atoms with Crippen LogP contribution in [0.4, 0.5) is 26.1 Å². The smallest absolute Gasteiger partial charge is 0.241 e. The summed E-state index contributed by atoms with van der Waals surface area (Å²) in [6.07, 6.45) is 6.26. The zero-order valence-corrected chi connectivity index (χ0v) is 22.3. The number of nitrogens with zero attached hydrogens (tertiary/aromatic N) is 5. The van der Waals surface area contributed by atoms with Crippen LogP contribution in [0.1, 0.15) is 19.4 Å². The Kier molecular flexibility index (Phi) is 7.51. The van der Waals surface area contributed by atoms with E-state index in [0.717, 1.165) is 16.7 Å². The molecular formula is C29H31F2N7O2. The fraction of sp³-hybridized carbons (Fsp3) is 0.276. The number of carbonyl (C=O) groups is 1. The molecule has 4 aromatic rings. The number of amides is 1. The van der Waals surface area contributed by atoms with Gasteiger partial charge in [-0.2, -0.15) is 4.98 Å². The number of carbonyl (C=O) groups excluding carboxylic acids is 1. The number of hydrogen-bond donors (Lipinski definition) is 3. The summed E-state index contributed by atoms with van der Waals surface area (Å²) in [7, 11) is 0. The highest BCUT2D eigenvalue weighted by molar-refractivity contribution is 5.90. The SMILES string of the molecule is CC(C)(O)CN1CCN(c2ccc(Nc3ncn4ccc(-c5cccc(C=CC(N)=O)c5)c4n3)c(F)c2F)CC1. The van der Waals surface area contributed by atoms with E-state index in [2.05, 4.69) is 20.2 Å². The van der Waals surface area contributed by atoms with E-state index in [4.69, 9.17) is 5.73 Å². The Bertz CT molecular complexity index is 1570. The van der Waals surface area contributed by atoms with Crippen molar-refractivity contribution in [2.75, 3.05) is 42.9 Å². The van der Waals surface area contributed by atoms with Gasteiger partial charge in [-0.1, -0.05) is 18.2 Å². The Balaban J connectivity index is 1.35. The molecule has 2 aromatic carbocycles. The van der Waals surface area contributed by atoms with Crippen molar-refractivity contribution >= 4 is 35.0 Å². The van der Waals surface area contributed by atoms with Crippen molar-refractivity contribution in [1.29, 1.82) is 0 Å². The molecule has 208 valence electrons. The predicted octanol–water partition coefficient (Wildman–Crippen LogP) is 3.81. The summed E-state index contributed by atoms with van der Waals surface area (Å²) in [6, 6.07) is 12.4. The number of aliphatic hydroxyl groups is 1. The van der Waals surface area contributed by atoms with Gasteiger partial charge in [-0.15, -0.1) is 0 Å². The van der Waals surface area contributed by atoms with Crippen LogP contribution >= 0.6 is 0 Å². The van der Waals surface area contributed by atoms with Crippen molar-refractivity contribution in [2.45, 2.75) is 19.4 Å². The van der Waals surface area contributed by atoms with Gasteiger partial charge in [-0.3, -0.25) is 14.1 Å². The first-order chi connectivity index (χ1) is 19.1. The third-order valence-corrected chi connectivity index (χ3v) is 6.67. The molecule has 0 atom stereocenters. The molecule has 4 N–H and O–H groups in total. The van der Waals surface area contributed by atoms with E-state index < -0.39 is 23.1 Å². The van der Waals surface area contributed by atoms with Crippen LogP contribution in [0, 0.1) is 11.6 Å². The fourth-order valence-electron chi connectivity index (χ4n) is 4.86. The van der Waals surface area contributed by atoms with Gasteiger partial charge in [0.2, 0.25) is 11.9 Å². The zero-order valence-electron chi connectivity index (χ0n) is 22.3. The Labute approximate surface area is 230 Å². The van der Waals surface area contributed by atoms with Gasteiger partial charge in [-0.25, -0.2) is 13.8 Å². The van der Waals surface area contributed by atoms with Gasteiger partial charge in [0.15, 0.2) is 11.6 Å². The first-order valence-electron chi connectivity index (χ1n) is 12.9. The molecule has 0 aliphatic carbocycles. The molecule has 11 heteroatoms. The Morgan fingerprint density at radius 3 is 2.62 bits per heavy atom. The van der Waals surface area contributed by atoms with E-state index in [0.29, 0.717) is 38.4 Å². The minimum atomic E-state index is -1.01. The lowest BCUT2D eigenvalue weighted by molar-refractivity contribution is -0.113. The molecule has 2 aromatic heterocycles. The Hall–Kier alpha value is -4.35. The fourth-order valence-corrected chi connectivity index (χ4v) is 4.86. The van der Waals surface area contributed by atoms with E-state index in [1.54, 1.807) is 42.9 Å².